The van der Waals surface area contributed by atoms with Crippen molar-refractivity contribution < 1.29 is 9.59 Å². The molecule has 0 atom stereocenters. The van der Waals surface area contributed by atoms with Crippen molar-refractivity contribution in [3.05, 3.63) is 29.8 Å². The quantitative estimate of drug-likeness (QED) is 0.913. The number of nitrogens with zero attached hydrogens (tertiary/aromatic N) is 3. The van der Waals surface area contributed by atoms with Crippen LogP contribution in [0, 0.1) is 0 Å². The summed E-state index contributed by atoms with van der Waals surface area (Å²) in [6, 6.07) is 8.20. The molecule has 1 aromatic rings. The number of hydrogen-bond donors (Lipinski definition) is 1. The highest BCUT2D eigenvalue weighted by Crippen LogP contribution is 2.23. The SMILES string of the molecule is O=C(c1ccc(N2CCCCCC2)cc1)N1CC(N2CCNC2=O)C1. The molecule has 0 aliphatic carbocycles. The first-order chi connectivity index (χ1) is 12.2. The number of urea groups is 1. The Balaban J connectivity index is 1.34. The molecule has 0 radical (unpaired) electrons. The molecule has 0 unspecified atom stereocenters. The lowest BCUT2D eigenvalue weighted by Gasteiger charge is -2.43. The summed E-state index contributed by atoms with van der Waals surface area (Å²) in [4.78, 5) is 30.4. The Morgan fingerprint density at radius 3 is 2.24 bits per heavy atom. The average Bonchev–Trinajstić information content (AvgIpc) is 2.85. The Morgan fingerprint density at radius 1 is 0.960 bits per heavy atom. The van der Waals surface area contributed by atoms with E-state index in [1.54, 1.807) is 0 Å². The predicted molar refractivity (Wildman–Crippen MR) is 96.9 cm³/mol. The zero-order chi connectivity index (χ0) is 17.2. The number of carbonyl (C=O) groups excluding carboxylic acids is 2. The molecule has 3 saturated heterocycles. The number of carbonyl (C=O) groups is 2. The highest BCUT2D eigenvalue weighted by Gasteiger charge is 2.38. The van der Waals surface area contributed by atoms with Gasteiger partial charge in [-0.25, -0.2) is 4.79 Å². The number of hydrogen-bond acceptors (Lipinski definition) is 3. The first kappa shape index (κ1) is 16.2. The van der Waals surface area contributed by atoms with Crippen LogP contribution >= 0.6 is 0 Å². The van der Waals surface area contributed by atoms with Crippen molar-refractivity contribution >= 4 is 17.6 Å². The van der Waals surface area contributed by atoms with Crippen molar-refractivity contribution in [3.63, 3.8) is 0 Å². The molecule has 3 fully saturated rings. The van der Waals surface area contributed by atoms with Gasteiger partial charge in [-0.15, -0.1) is 0 Å². The zero-order valence-corrected chi connectivity index (χ0v) is 14.6. The van der Waals surface area contributed by atoms with Crippen LogP contribution in [-0.4, -0.2) is 67.0 Å². The Bertz CT molecular complexity index is 631. The lowest BCUT2D eigenvalue weighted by Crippen LogP contribution is -2.61. The molecule has 4 rings (SSSR count). The van der Waals surface area contributed by atoms with E-state index in [1.807, 2.05) is 21.9 Å². The van der Waals surface area contributed by atoms with Crippen LogP contribution in [0.2, 0.25) is 0 Å². The average molecular weight is 342 g/mol. The van der Waals surface area contributed by atoms with E-state index >= 15 is 0 Å². The molecule has 3 aliphatic rings. The van der Waals surface area contributed by atoms with Gasteiger partial charge in [-0.2, -0.15) is 0 Å². The smallest absolute Gasteiger partial charge is 0.317 e. The second kappa shape index (κ2) is 6.94. The van der Waals surface area contributed by atoms with Gasteiger partial charge in [-0.3, -0.25) is 4.79 Å². The summed E-state index contributed by atoms with van der Waals surface area (Å²) < 4.78 is 0. The predicted octanol–water partition coefficient (Wildman–Crippen LogP) is 1.92. The van der Waals surface area contributed by atoms with E-state index in [-0.39, 0.29) is 18.0 Å². The molecule has 6 heteroatoms. The van der Waals surface area contributed by atoms with E-state index in [4.69, 9.17) is 0 Å². The normalized spacial score (nSPS) is 21.8. The summed E-state index contributed by atoms with van der Waals surface area (Å²) in [5.74, 6) is 0.0678. The molecule has 0 saturated carbocycles. The first-order valence-corrected chi connectivity index (χ1v) is 9.41. The molecule has 0 spiro atoms. The number of likely N-dealkylation sites (tertiary alicyclic amines) is 1. The maximum atomic E-state index is 12.6. The molecule has 6 nitrogen and oxygen atoms in total. The summed E-state index contributed by atoms with van der Waals surface area (Å²) >= 11 is 0. The Kier molecular flexibility index (Phi) is 4.51. The molecular weight excluding hydrogens is 316 g/mol. The van der Waals surface area contributed by atoms with Crippen LogP contribution in [0.1, 0.15) is 36.0 Å². The molecular formula is C19H26N4O2. The number of nitrogens with one attached hydrogen (secondary N) is 1. The van der Waals surface area contributed by atoms with Gasteiger partial charge in [0.1, 0.15) is 0 Å². The Labute approximate surface area is 148 Å². The number of amides is 3. The van der Waals surface area contributed by atoms with E-state index < -0.39 is 0 Å². The molecule has 1 N–H and O–H groups in total. The minimum atomic E-state index is -0.00102. The van der Waals surface area contributed by atoms with Gasteiger partial charge in [0.25, 0.3) is 5.91 Å². The van der Waals surface area contributed by atoms with Gasteiger partial charge in [0.15, 0.2) is 0 Å². The van der Waals surface area contributed by atoms with E-state index in [2.05, 4.69) is 22.3 Å². The summed E-state index contributed by atoms with van der Waals surface area (Å²) in [5, 5.41) is 2.82. The molecule has 3 amide bonds. The van der Waals surface area contributed by atoms with Crippen LogP contribution in [0.5, 0.6) is 0 Å². The lowest BCUT2D eigenvalue weighted by atomic mass is 10.0. The van der Waals surface area contributed by atoms with Gasteiger partial charge in [0, 0.05) is 50.5 Å². The molecule has 3 aliphatic heterocycles. The maximum absolute atomic E-state index is 12.6. The molecule has 3 heterocycles. The second-order valence-electron chi connectivity index (χ2n) is 7.24. The third-order valence-electron chi connectivity index (χ3n) is 5.57. The number of rotatable bonds is 3. The molecule has 25 heavy (non-hydrogen) atoms. The van der Waals surface area contributed by atoms with Crippen LogP contribution in [0.25, 0.3) is 0 Å². The van der Waals surface area contributed by atoms with E-state index in [0.717, 1.165) is 25.2 Å². The minimum Gasteiger partial charge on any atom is -0.372 e. The largest absolute Gasteiger partial charge is 0.372 e. The summed E-state index contributed by atoms with van der Waals surface area (Å²) in [6.45, 7) is 4.95. The number of anilines is 1. The third kappa shape index (κ3) is 3.30. The highest BCUT2D eigenvalue weighted by atomic mass is 16.2. The van der Waals surface area contributed by atoms with Gasteiger partial charge in [0.05, 0.1) is 6.04 Å². The molecule has 134 valence electrons. The van der Waals surface area contributed by atoms with Crippen molar-refractivity contribution in [2.75, 3.05) is 44.2 Å². The second-order valence-corrected chi connectivity index (χ2v) is 7.24. The summed E-state index contributed by atoms with van der Waals surface area (Å²) in [6.07, 6.45) is 5.14. The van der Waals surface area contributed by atoms with E-state index in [9.17, 15) is 9.59 Å². The Morgan fingerprint density at radius 2 is 1.64 bits per heavy atom. The van der Waals surface area contributed by atoms with Gasteiger partial charge in [-0.05, 0) is 37.1 Å². The fourth-order valence-corrected chi connectivity index (χ4v) is 3.98. The zero-order valence-electron chi connectivity index (χ0n) is 14.6. The monoisotopic (exact) mass is 342 g/mol. The van der Waals surface area contributed by atoms with Gasteiger partial charge >= 0.3 is 6.03 Å². The fourth-order valence-electron chi connectivity index (χ4n) is 3.98. The molecule has 1 aromatic carbocycles. The van der Waals surface area contributed by atoms with Crippen LogP contribution in [-0.2, 0) is 0 Å². The first-order valence-electron chi connectivity index (χ1n) is 9.41. The fraction of sp³-hybridized carbons (Fsp3) is 0.579. The third-order valence-corrected chi connectivity index (χ3v) is 5.57. The van der Waals surface area contributed by atoms with Gasteiger partial charge in [-0.1, -0.05) is 12.8 Å². The Hall–Kier alpha value is -2.24. The van der Waals surface area contributed by atoms with Crippen LogP contribution < -0.4 is 10.2 Å². The number of benzene rings is 1. The summed E-state index contributed by atoms with van der Waals surface area (Å²) in [7, 11) is 0. The van der Waals surface area contributed by atoms with Crippen molar-refractivity contribution in [2.45, 2.75) is 31.7 Å². The van der Waals surface area contributed by atoms with E-state index in [1.165, 1.54) is 31.4 Å². The van der Waals surface area contributed by atoms with Crippen molar-refractivity contribution in [1.82, 2.24) is 15.1 Å². The van der Waals surface area contributed by atoms with Gasteiger partial charge in [0.2, 0.25) is 0 Å². The molecule has 0 bridgehead atoms. The van der Waals surface area contributed by atoms with Crippen LogP contribution in [0.4, 0.5) is 10.5 Å². The van der Waals surface area contributed by atoms with Gasteiger partial charge < -0.3 is 20.0 Å². The van der Waals surface area contributed by atoms with Crippen LogP contribution in [0.3, 0.4) is 0 Å². The van der Waals surface area contributed by atoms with Crippen molar-refractivity contribution in [1.29, 1.82) is 0 Å². The van der Waals surface area contributed by atoms with Crippen molar-refractivity contribution in [3.8, 4) is 0 Å². The topological polar surface area (TPSA) is 55.9 Å². The summed E-state index contributed by atoms with van der Waals surface area (Å²) in [5.41, 5.74) is 1.96. The van der Waals surface area contributed by atoms with Crippen molar-refractivity contribution in [2.24, 2.45) is 0 Å². The molecule has 0 aromatic heterocycles. The lowest BCUT2D eigenvalue weighted by molar-refractivity contribution is 0.0407. The minimum absolute atomic E-state index is 0.00102. The maximum Gasteiger partial charge on any atom is 0.317 e. The van der Waals surface area contributed by atoms with Crippen LogP contribution in [0.15, 0.2) is 24.3 Å². The standard InChI is InChI=1S/C19H26N4O2/c24-18(22-13-17(14-22)23-12-9-20-19(23)25)15-5-7-16(8-6-15)21-10-3-1-2-4-11-21/h5-8,17H,1-4,9-14H2,(H,20,25). The van der Waals surface area contributed by atoms with E-state index in [0.29, 0.717) is 19.6 Å². The highest BCUT2D eigenvalue weighted by molar-refractivity contribution is 5.95.